The first-order valence-corrected chi connectivity index (χ1v) is 12.7. The third-order valence-electron chi connectivity index (χ3n) is 10.8. The van der Waals surface area contributed by atoms with E-state index < -0.39 is 24.6 Å². The van der Waals surface area contributed by atoms with Gasteiger partial charge in [0.2, 0.25) is 0 Å². The normalized spacial score (nSPS) is 56.9. The molecule has 3 N–H and O–H groups in total. The van der Waals surface area contributed by atoms with Gasteiger partial charge in [0.25, 0.3) is 0 Å². The van der Waals surface area contributed by atoms with Crippen LogP contribution in [0.4, 0.5) is 0 Å². The largest absolute Gasteiger partial charge is 0.388 e. The summed E-state index contributed by atoms with van der Waals surface area (Å²) in [6.07, 6.45) is 9.22. The minimum Gasteiger partial charge on any atom is -0.388 e. The molecule has 12 atom stereocenters. The molecule has 1 saturated heterocycles. The van der Waals surface area contributed by atoms with Crippen LogP contribution in [0.1, 0.15) is 71.6 Å². The fourth-order valence-corrected chi connectivity index (χ4v) is 8.86. The molecule has 1 heterocycles. The molecule has 0 amide bonds. The van der Waals surface area contributed by atoms with Gasteiger partial charge in [-0.05, 0) is 98.2 Å². The highest BCUT2D eigenvalue weighted by molar-refractivity contribution is 5.11. The summed E-state index contributed by atoms with van der Waals surface area (Å²) in [7, 11) is 0. The summed E-state index contributed by atoms with van der Waals surface area (Å²) in [4.78, 5) is 0. The minimum atomic E-state index is -1.20. The van der Waals surface area contributed by atoms with E-state index in [0.717, 1.165) is 30.6 Å². The maximum atomic E-state index is 10.3. The zero-order chi connectivity index (χ0) is 22.0. The van der Waals surface area contributed by atoms with E-state index in [4.69, 9.17) is 9.47 Å². The van der Waals surface area contributed by atoms with E-state index in [2.05, 4.69) is 26.5 Å². The number of rotatable bonds is 3. The number of aliphatic hydroxyl groups is 3. The molecule has 0 aromatic heterocycles. The SMILES string of the molecule is C=C[C@H]1CC[C@H]2[C@@H]3CC[C@H]4C[C@@H](O[C@@H]5OC[C@@H](O)[C@H](O)[C@H]5O)CC[C@]4(C)[C@H]3CC[C@@]12C. The average Bonchev–Trinajstić information content (AvgIpc) is 3.10. The third kappa shape index (κ3) is 3.45. The summed E-state index contributed by atoms with van der Waals surface area (Å²) in [6, 6.07) is 0. The van der Waals surface area contributed by atoms with Gasteiger partial charge in [-0.25, -0.2) is 0 Å². The van der Waals surface area contributed by atoms with Crippen LogP contribution in [-0.4, -0.2) is 52.6 Å². The molecule has 1 aliphatic heterocycles. The fraction of sp³-hybridized carbons (Fsp3) is 0.923. The second kappa shape index (κ2) is 8.09. The third-order valence-corrected chi connectivity index (χ3v) is 10.8. The molecule has 5 fully saturated rings. The standard InChI is InChI=1S/C26H42O5/c1-4-15-6-8-19-18-7-5-16-13-17(31-24-23(29)22(28)21(27)14-30-24)9-11-26(16,3)20(18)10-12-25(15,19)2/h4,15-24,27-29H,1,5-14H2,2-3H3/t15-,16-,17-,18-,19-,20-,21+,22-,23+,24-,25-,26-/m0/s1. The van der Waals surface area contributed by atoms with Crippen LogP contribution < -0.4 is 0 Å². The van der Waals surface area contributed by atoms with E-state index in [0.29, 0.717) is 22.7 Å². The van der Waals surface area contributed by atoms with E-state index in [1.165, 1.54) is 44.9 Å². The second-order valence-corrected chi connectivity index (χ2v) is 11.9. The molecule has 31 heavy (non-hydrogen) atoms. The Hall–Kier alpha value is -0.460. The van der Waals surface area contributed by atoms with E-state index >= 15 is 0 Å². The first kappa shape index (κ1) is 22.3. The number of hydrogen-bond donors (Lipinski definition) is 3. The number of hydrogen-bond acceptors (Lipinski definition) is 5. The Bertz CT molecular complexity index is 683. The molecular weight excluding hydrogens is 392 g/mol. The summed E-state index contributed by atoms with van der Waals surface area (Å²) >= 11 is 0. The summed E-state index contributed by atoms with van der Waals surface area (Å²) in [5.41, 5.74) is 0.852. The van der Waals surface area contributed by atoms with Crippen LogP contribution in [0.5, 0.6) is 0 Å². The molecule has 5 aliphatic rings. The van der Waals surface area contributed by atoms with Gasteiger partial charge in [0.05, 0.1) is 12.7 Å². The van der Waals surface area contributed by atoms with Crippen LogP contribution in [0.15, 0.2) is 12.7 Å². The summed E-state index contributed by atoms with van der Waals surface area (Å²) < 4.78 is 11.7. The number of aliphatic hydroxyl groups excluding tert-OH is 3. The molecular formula is C26H42O5. The molecule has 0 bridgehead atoms. The van der Waals surface area contributed by atoms with Crippen molar-refractivity contribution in [3.05, 3.63) is 12.7 Å². The molecule has 176 valence electrons. The zero-order valence-corrected chi connectivity index (χ0v) is 19.3. The lowest BCUT2D eigenvalue weighted by atomic mass is 9.44. The lowest BCUT2D eigenvalue weighted by molar-refractivity contribution is -0.289. The monoisotopic (exact) mass is 434 g/mol. The molecule has 0 spiro atoms. The smallest absolute Gasteiger partial charge is 0.186 e. The molecule has 5 heteroatoms. The topological polar surface area (TPSA) is 79.2 Å². The van der Waals surface area contributed by atoms with Gasteiger partial charge in [-0.2, -0.15) is 0 Å². The Morgan fingerprint density at radius 2 is 1.65 bits per heavy atom. The first-order chi connectivity index (χ1) is 14.8. The molecule has 0 aromatic rings. The molecule has 4 aliphatic carbocycles. The highest BCUT2D eigenvalue weighted by Gasteiger charge is 2.59. The molecule has 5 rings (SSSR count). The van der Waals surface area contributed by atoms with Gasteiger partial charge in [-0.3, -0.25) is 0 Å². The highest BCUT2D eigenvalue weighted by Crippen LogP contribution is 2.67. The van der Waals surface area contributed by atoms with Crippen molar-refractivity contribution in [2.75, 3.05) is 6.61 Å². The number of allylic oxidation sites excluding steroid dienone is 1. The van der Waals surface area contributed by atoms with Crippen LogP contribution >= 0.6 is 0 Å². The Balaban J connectivity index is 1.26. The molecule has 5 nitrogen and oxygen atoms in total. The van der Waals surface area contributed by atoms with Crippen LogP contribution in [0.3, 0.4) is 0 Å². The molecule has 0 radical (unpaired) electrons. The van der Waals surface area contributed by atoms with Crippen molar-refractivity contribution in [3.8, 4) is 0 Å². The minimum absolute atomic E-state index is 0.00632. The maximum Gasteiger partial charge on any atom is 0.186 e. The Morgan fingerprint density at radius 1 is 0.903 bits per heavy atom. The predicted octanol–water partition coefficient (Wildman–Crippen LogP) is 3.66. The number of fused-ring (bicyclic) bond motifs is 5. The highest BCUT2D eigenvalue weighted by atomic mass is 16.7. The summed E-state index contributed by atoms with van der Waals surface area (Å²) in [6.45, 7) is 9.27. The second-order valence-electron chi connectivity index (χ2n) is 11.9. The van der Waals surface area contributed by atoms with Crippen LogP contribution in [0.25, 0.3) is 0 Å². The Morgan fingerprint density at radius 3 is 2.42 bits per heavy atom. The quantitative estimate of drug-likeness (QED) is 0.467. The number of ether oxygens (including phenoxy) is 2. The van der Waals surface area contributed by atoms with E-state index in [-0.39, 0.29) is 12.7 Å². The molecule has 4 saturated carbocycles. The average molecular weight is 435 g/mol. The first-order valence-electron chi connectivity index (χ1n) is 12.7. The maximum absolute atomic E-state index is 10.3. The van der Waals surface area contributed by atoms with E-state index in [1.807, 2.05) is 0 Å². The Kier molecular flexibility index (Phi) is 5.83. The van der Waals surface area contributed by atoms with Crippen LogP contribution in [0, 0.1) is 40.4 Å². The van der Waals surface area contributed by atoms with Crippen molar-refractivity contribution >= 4 is 0 Å². The van der Waals surface area contributed by atoms with Gasteiger partial charge in [0.1, 0.15) is 18.3 Å². The van der Waals surface area contributed by atoms with Crippen LogP contribution in [0.2, 0.25) is 0 Å². The van der Waals surface area contributed by atoms with Crippen molar-refractivity contribution in [1.29, 1.82) is 0 Å². The summed E-state index contributed by atoms with van der Waals surface area (Å²) in [5.74, 6) is 3.90. The van der Waals surface area contributed by atoms with Crippen molar-refractivity contribution in [1.82, 2.24) is 0 Å². The lowest BCUT2D eigenvalue weighted by Gasteiger charge is -2.61. The van der Waals surface area contributed by atoms with Gasteiger partial charge in [-0.1, -0.05) is 19.9 Å². The van der Waals surface area contributed by atoms with Crippen molar-refractivity contribution in [2.24, 2.45) is 40.4 Å². The Labute approximate surface area is 187 Å². The van der Waals surface area contributed by atoms with Crippen molar-refractivity contribution in [3.63, 3.8) is 0 Å². The fourth-order valence-electron chi connectivity index (χ4n) is 8.86. The van der Waals surface area contributed by atoms with E-state index in [9.17, 15) is 15.3 Å². The van der Waals surface area contributed by atoms with Gasteiger partial charge in [0.15, 0.2) is 6.29 Å². The van der Waals surface area contributed by atoms with Gasteiger partial charge >= 0.3 is 0 Å². The molecule has 0 aromatic carbocycles. The van der Waals surface area contributed by atoms with Gasteiger partial charge < -0.3 is 24.8 Å². The van der Waals surface area contributed by atoms with Gasteiger partial charge in [-0.15, -0.1) is 6.58 Å². The van der Waals surface area contributed by atoms with Gasteiger partial charge in [0, 0.05) is 0 Å². The summed E-state index contributed by atoms with van der Waals surface area (Å²) in [5, 5.41) is 29.9. The van der Waals surface area contributed by atoms with Crippen LogP contribution in [-0.2, 0) is 9.47 Å². The zero-order valence-electron chi connectivity index (χ0n) is 19.3. The predicted molar refractivity (Wildman–Crippen MR) is 118 cm³/mol. The van der Waals surface area contributed by atoms with E-state index in [1.54, 1.807) is 0 Å². The lowest BCUT2D eigenvalue weighted by Crippen LogP contribution is -2.56. The van der Waals surface area contributed by atoms with Crippen molar-refractivity contribution in [2.45, 2.75) is 102 Å². The molecule has 0 unspecified atom stereocenters. The van der Waals surface area contributed by atoms with Crippen molar-refractivity contribution < 1.29 is 24.8 Å².